The number of hydrogen-bond acceptors (Lipinski definition) is 3. The Balaban J connectivity index is 2.09. The first-order valence-corrected chi connectivity index (χ1v) is 6.24. The van der Waals surface area contributed by atoms with Gasteiger partial charge in [-0.15, -0.1) is 0 Å². The minimum atomic E-state index is 0.0983. The third-order valence-corrected chi connectivity index (χ3v) is 2.92. The first kappa shape index (κ1) is 13.5. The van der Waals surface area contributed by atoms with Crippen molar-refractivity contribution in [2.45, 2.75) is 64.1 Å². The summed E-state index contributed by atoms with van der Waals surface area (Å²) in [6.07, 6.45) is 4.72. The van der Waals surface area contributed by atoms with E-state index >= 15 is 0 Å². The number of carbonyl (C=O) groups excluding carboxylic acids is 1. The molecule has 1 aliphatic carbocycles. The van der Waals surface area contributed by atoms with Crippen LogP contribution in [-0.4, -0.2) is 30.7 Å². The number of hydrogen-bond donors (Lipinski definition) is 2. The summed E-state index contributed by atoms with van der Waals surface area (Å²) < 4.78 is 5.34. The highest BCUT2D eigenvalue weighted by Gasteiger charge is 2.19. The summed E-state index contributed by atoms with van der Waals surface area (Å²) in [4.78, 5) is 11.6. The van der Waals surface area contributed by atoms with E-state index in [1.54, 1.807) is 0 Å². The van der Waals surface area contributed by atoms with Crippen LogP contribution in [-0.2, 0) is 9.53 Å². The van der Waals surface area contributed by atoms with Crippen LogP contribution in [0.4, 0.5) is 0 Å². The Labute approximate surface area is 97.9 Å². The van der Waals surface area contributed by atoms with Crippen molar-refractivity contribution in [1.29, 1.82) is 0 Å². The average Bonchev–Trinajstić information content (AvgIpc) is 2.21. The molecule has 0 radical (unpaired) electrons. The Hall–Kier alpha value is -0.610. The van der Waals surface area contributed by atoms with Crippen molar-refractivity contribution < 1.29 is 9.53 Å². The predicted octanol–water partition coefficient (Wildman–Crippen LogP) is 1.19. The van der Waals surface area contributed by atoms with E-state index in [0.29, 0.717) is 25.1 Å². The molecule has 0 aromatic heterocycles. The summed E-state index contributed by atoms with van der Waals surface area (Å²) in [6, 6.07) is 0.656. The molecule has 0 spiro atoms. The largest absolute Gasteiger partial charge is 0.378 e. The van der Waals surface area contributed by atoms with Gasteiger partial charge in [-0.1, -0.05) is 0 Å². The van der Waals surface area contributed by atoms with E-state index < -0.39 is 0 Å². The van der Waals surface area contributed by atoms with Gasteiger partial charge < -0.3 is 15.8 Å². The number of nitrogens with one attached hydrogen (secondary N) is 1. The van der Waals surface area contributed by atoms with Gasteiger partial charge in [-0.05, 0) is 39.5 Å². The molecule has 0 saturated heterocycles. The van der Waals surface area contributed by atoms with Crippen molar-refractivity contribution in [2.75, 3.05) is 6.61 Å². The van der Waals surface area contributed by atoms with Crippen molar-refractivity contribution in [3.8, 4) is 0 Å². The smallest absolute Gasteiger partial charge is 0.222 e. The van der Waals surface area contributed by atoms with Crippen molar-refractivity contribution in [2.24, 2.45) is 5.73 Å². The standard InChI is InChI=1S/C12H24N2O2/c1-9(2)16-8-7-12(15)14-11-5-3-10(13)4-6-11/h9-11H,3-8,13H2,1-2H3,(H,14,15). The summed E-state index contributed by atoms with van der Waals surface area (Å²) in [5, 5.41) is 3.04. The number of ether oxygens (including phenoxy) is 1. The third-order valence-electron chi connectivity index (χ3n) is 2.92. The first-order chi connectivity index (χ1) is 7.58. The number of carbonyl (C=O) groups is 1. The minimum absolute atomic E-state index is 0.0983. The number of nitrogens with two attached hydrogens (primary N) is 1. The highest BCUT2D eigenvalue weighted by molar-refractivity contribution is 5.76. The molecular weight excluding hydrogens is 204 g/mol. The van der Waals surface area contributed by atoms with E-state index in [9.17, 15) is 4.79 Å². The lowest BCUT2D eigenvalue weighted by atomic mass is 9.92. The van der Waals surface area contributed by atoms with Gasteiger partial charge in [0.2, 0.25) is 5.91 Å². The van der Waals surface area contributed by atoms with Gasteiger partial charge >= 0.3 is 0 Å². The Bertz CT molecular complexity index is 211. The van der Waals surface area contributed by atoms with Crippen LogP contribution in [0.2, 0.25) is 0 Å². The van der Waals surface area contributed by atoms with Crippen LogP contribution in [0.5, 0.6) is 0 Å². The fraction of sp³-hybridized carbons (Fsp3) is 0.917. The molecule has 94 valence electrons. The van der Waals surface area contributed by atoms with Gasteiger partial charge in [0.05, 0.1) is 12.7 Å². The second-order valence-electron chi connectivity index (χ2n) is 4.85. The van der Waals surface area contributed by atoms with E-state index in [-0.39, 0.29) is 12.0 Å². The fourth-order valence-electron chi connectivity index (χ4n) is 1.95. The van der Waals surface area contributed by atoms with E-state index in [4.69, 9.17) is 10.5 Å². The van der Waals surface area contributed by atoms with Gasteiger partial charge in [-0.2, -0.15) is 0 Å². The Morgan fingerprint density at radius 3 is 2.56 bits per heavy atom. The number of rotatable bonds is 5. The van der Waals surface area contributed by atoms with E-state index in [2.05, 4.69) is 5.32 Å². The zero-order chi connectivity index (χ0) is 12.0. The molecule has 4 heteroatoms. The fourth-order valence-corrected chi connectivity index (χ4v) is 1.95. The highest BCUT2D eigenvalue weighted by Crippen LogP contribution is 2.16. The summed E-state index contributed by atoms with van der Waals surface area (Å²) >= 11 is 0. The van der Waals surface area contributed by atoms with Crippen molar-refractivity contribution in [3.05, 3.63) is 0 Å². The maximum Gasteiger partial charge on any atom is 0.222 e. The van der Waals surface area contributed by atoms with Gasteiger partial charge in [0.15, 0.2) is 0 Å². The lowest BCUT2D eigenvalue weighted by Crippen LogP contribution is -2.40. The molecule has 0 aliphatic heterocycles. The second kappa shape index (κ2) is 6.86. The van der Waals surface area contributed by atoms with Crippen LogP contribution in [0.15, 0.2) is 0 Å². The molecular formula is C12H24N2O2. The summed E-state index contributed by atoms with van der Waals surface area (Å²) in [5.74, 6) is 0.0983. The third kappa shape index (κ3) is 5.47. The molecule has 0 bridgehead atoms. The SMILES string of the molecule is CC(C)OCCC(=O)NC1CCC(N)CC1. The molecule has 1 fully saturated rings. The van der Waals surface area contributed by atoms with Crippen LogP contribution >= 0.6 is 0 Å². The molecule has 1 rings (SSSR count). The lowest BCUT2D eigenvalue weighted by Gasteiger charge is -2.26. The van der Waals surface area contributed by atoms with Crippen LogP contribution in [0.3, 0.4) is 0 Å². The molecule has 0 aromatic carbocycles. The molecule has 16 heavy (non-hydrogen) atoms. The summed E-state index contributed by atoms with van der Waals surface area (Å²) in [5.41, 5.74) is 5.81. The van der Waals surface area contributed by atoms with Crippen molar-refractivity contribution in [3.63, 3.8) is 0 Å². The topological polar surface area (TPSA) is 64.3 Å². The monoisotopic (exact) mass is 228 g/mol. The van der Waals surface area contributed by atoms with Crippen molar-refractivity contribution in [1.82, 2.24) is 5.32 Å². The molecule has 3 N–H and O–H groups in total. The zero-order valence-electron chi connectivity index (χ0n) is 10.4. The van der Waals surface area contributed by atoms with E-state index in [1.165, 1.54) is 0 Å². The maximum absolute atomic E-state index is 11.6. The minimum Gasteiger partial charge on any atom is -0.378 e. The second-order valence-corrected chi connectivity index (χ2v) is 4.85. The molecule has 0 atom stereocenters. The molecule has 0 unspecified atom stereocenters. The molecule has 1 aliphatic rings. The quantitative estimate of drug-likeness (QED) is 0.743. The van der Waals surface area contributed by atoms with Crippen LogP contribution in [0.25, 0.3) is 0 Å². The normalized spacial score (nSPS) is 25.8. The Kier molecular flexibility index (Phi) is 5.77. The maximum atomic E-state index is 11.6. The van der Waals surface area contributed by atoms with Crippen molar-refractivity contribution >= 4 is 5.91 Å². The van der Waals surface area contributed by atoms with E-state index in [1.807, 2.05) is 13.8 Å². The molecule has 0 aromatic rings. The van der Waals surface area contributed by atoms with Gasteiger partial charge in [0.25, 0.3) is 0 Å². The summed E-state index contributed by atoms with van der Waals surface area (Å²) in [6.45, 7) is 4.45. The zero-order valence-corrected chi connectivity index (χ0v) is 10.4. The van der Waals surface area contributed by atoms with Crippen LogP contribution in [0, 0.1) is 0 Å². The van der Waals surface area contributed by atoms with Gasteiger partial charge in [-0.3, -0.25) is 4.79 Å². The van der Waals surface area contributed by atoms with Gasteiger partial charge in [0.1, 0.15) is 0 Å². The first-order valence-electron chi connectivity index (χ1n) is 6.24. The average molecular weight is 228 g/mol. The molecule has 0 heterocycles. The number of amides is 1. The van der Waals surface area contributed by atoms with Crippen LogP contribution < -0.4 is 11.1 Å². The van der Waals surface area contributed by atoms with Gasteiger partial charge in [-0.25, -0.2) is 0 Å². The van der Waals surface area contributed by atoms with Gasteiger partial charge in [0, 0.05) is 18.5 Å². The molecule has 4 nitrogen and oxygen atoms in total. The highest BCUT2D eigenvalue weighted by atomic mass is 16.5. The Morgan fingerprint density at radius 2 is 2.00 bits per heavy atom. The summed E-state index contributed by atoms with van der Waals surface area (Å²) in [7, 11) is 0. The predicted molar refractivity (Wildman–Crippen MR) is 64.1 cm³/mol. The van der Waals surface area contributed by atoms with E-state index in [0.717, 1.165) is 25.7 Å². The molecule has 1 amide bonds. The molecule has 1 saturated carbocycles. The Morgan fingerprint density at radius 1 is 1.38 bits per heavy atom. The van der Waals surface area contributed by atoms with Crippen LogP contribution in [0.1, 0.15) is 46.0 Å². The lowest BCUT2D eigenvalue weighted by molar-refractivity contribution is -0.123.